The molecule has 2 fully saturated rings. The lowest BCUT2D eigenvalue weighted by Gasteiger charge is -2.35. The number of ether oxygens (including phenoxy) is 1. The highest BCUT2D eigenvalue weighted by Gasteiger charge is 2.71. The van der Waals surface area contributed by atoms with Gasteiger partial charge in [0, 0.05) is 24.0 Å². The number of aliphatic hydroxyl groups is 1. The van der Waals surface area contributed by atoms with Gasteiger partial charge in [-0.3, -0.25) is 14.4 Å². The van der Waals surface area contributed by atoms with E-state index in [-0.39, 0.29) is 36.2 Å². The molecule has 1 aromatic rings. The number of esters is 1. The van der Waals surface area contributed by atoms with Crippen molar-refractivity contribution in [2.24, 2.45) is 11.8 Å². The fraction of sp³-hybridized carbons (Fsp3) is 0.500. The van der Waals surface area contributed by atoms with Gasteiger partial charge in [0.05, 0.1) is 29.8 Å². The number of β-amino-alcohol motifs (C(OH)–C–C–N with tert-alkyl or cyclic N) is 1. The number of rotatable bonds is 3. The van der Waals surface area contributed by atoms with Crippen LogP contribution in [0, 0.1) is 25.7 Å². The Morgan fingerprint density at radius 2 is 1.91 bits per heavy atom. The normalized spacial score (nSPS) is 33.9. The van der Waals surface area contributed by atoms with Gasteiger partial charge < -0.3 is 19.6 Å². The standard InChI is InChI=1S/C26H30N2O5S/c1-16-8-6-9-17(2)21(16)27-12-7-11-26-20(23(30)28(13-14-29)22(26)24(27)31)19-18(34-26)10-4-3-5-15-33-25(19)32/h4,6-11,18-20,22,29H,3,5,12-15H2,1-2H3/b10-4-/t18-,19+,20+,22?,26+/m1/s1. The van der Waals surface area contributed by atoms with Crippen LogP contribution in [0.3, 0.4) is 0 Å². The van der Waals surface area contributed by atoms with Gasteiger partial charge in [-0.25, -0.2) is 0 Å². The van der Waals surface area contributed by atoms with Gasteiger partial charge in [-0.2, -0.15) is 0 Å². The van der Waals surface area contributed by atoms with E-state index >= 15 is 0 Å². The monoisotopic (exact) mass is 482 g/mol. The van der Waals surface area contributed by atoms with Crippen molar-refractivity contribution in [3.05, 3.63) is 53.6 Å². The van der Waals surface area contributed by atoms with Gasteiger partial charge in [0.1, 0.15) is 6.04 Å². The second-order valence-electron chi connectivity index (χ2n) is 9.43. The van der Waals surface area contributed by atoms with Crippen LogP contribution in [-0.2, 0) is 19.1 Å². The average Bonchev–Trinajstić information content (AvgIpc) is 3.20. The van der Waals surface area contributed by atoms with Crippen LogP contribution in [0.2, 0.25) is 0 Å². The maximum Gasteiger partial charge on any atom is 0.311 e. The number of cyclic esters (lactones) is 1. The Balaban J connectivity index is 1.63. The molecular formula is C26H30N2O5S. The molecule has 5 rings (SSSR count). The first-order chi connectivity index (χ1) is 16.4. The summed E-state index contributed by atoms with van der Waals surface area (Å²) in [6.45, 7) is 4.45. The second kappa shape index (κ2) is 8.89. The predicted molar refractivity (Wildman–Crippen MR) is 130 cm³/mol. The van der Waals surface area contributed by atoms with Crippen LogP contribution in [0.5, 0.6) is 0 Å². The quantitative estimate of drug-likeness (QED) is 0.526. The molecule has 4 heterocycles. The number of para-hydroxylation sites is 1. The third-order valence-electron chi connectivity index (χ3n) is 7.40. The number of hydrogen-bond acceptors (Lipinski definition) is 6. The predicted octanol–water partition coefficient (Wildman–Crippen LogP) is 2.39. The molecular weight excluding hydrogens is 452 g/mol. The van der Waals surface area contributed by atoms with Gasteiger partial charge in [0.15, 0.2) is 0 Å². The molecule has 1 N–H and O–H groups in total. The fourth-order valence-corrected chi connectivity index (χ4v) is 8.03. The Morgan fingerprint density at radius 1 is 1.15 bits per heavy atom. The van der Waals surface area contributed by atoms with E-state index in [4.69, 9.17) is 4.74 Å². The molecule has 180 valence electrons. The number of aliphatic hydroxyl groups excluding tert-OH is 1. The molecule has 0 radical (unpaired) electrons. The number of fused-ring (bicyclic) bond motifs is 2. The lowest BCUT2D eigenvalue weighted by Crippen LogP contribution is -2.54. The lowest BCUT2D eigenvalue weighted by atomic mass is 9.78. The molecule has 8 heteroatoms. The summed E-state index contributed by atoms with van der Waals surface area (Å²) in [6, 6.07) is 5.11. The van der Waals surface area contributed by atoms with Crippen molar-refractivity contribution in [2.45, 2.75) is 42.7 Å². The highest BCUT2D eigenvalue weighted by atomic mass is 32.2. The van der Waals surface area contributed by atoms with E-state index in [1.165, 1.54) is 16.7 Å². The first-order valence-corrected chi connectivity index (χ1v) is 12.8. The van der Waals surface area contributed by atoms with Gasteiger partial charge in [0.25, 0.3) is 5.91 Å². The third kappa shape index (κ3) is 3.41. The first kappa shape index (κ1) is 23.2. The van der Waals surface area contributed by atoms with Crippen molar-refractivity contribution >= 4 is 35.2 Å². The molecule has 1 aromatic carbocycles. The molecule has 0 aromatic heterocycles. The topological polar surface area (TPSA) is 87.2 Å². The molecule has 34 heavy (non-hydrogen) atoms. The molecule has 7 nitrogen and oxygen atoms in total. The Kier molecular flexibility index (Phi) is 6.06. The van der Waals surface area contributed by atoms with Gasteiger partial charge in [-0.1, -0.05) is 42.5 Å². The smallest absolute Gasteiger partial charge is 0.311 e. The van der Waals surface area contributed by atoms with Crippen LogP contribution >= 0.6 is 11.8 Å². The van der Waals surface area contributed by atoms with Crippen molar-refractivity contribution in [1.82, 2.24) is 4.90 Å². The highest BCUT2D eigenvalue weighted by molar-refractivity contribution is 8.02. The van der Waals surface area contributed by atoms with E-state index in [1.54, 1.807) is 4.90 Å². The van der Waals surface area contributed by atoms with Gasteiger partial charge in [-0.05, 0) is 37.8 Å². The Bertz CT molecular complexity index is 1060. The third-order valence-corrected chi connectivity index (χ3v) is 9.15. The van der Waals surface area contributed by atoms with Crippen LogP contribution < -0.4 is 4.90 Å². The zero-order chi connectivity index (χ0) is 24.0. The molecule has 0 saturated carbocycles. The van der Waals surface area contributed by atoms with Crippen LogP contribution in [0.1, 0.15) is 24.0 Å². The van der Waals surface area contributed by atoms with Crippen molar-refractivity contribution in [1.29, 1.82) is 0 Å². The second-order valence-corrected chi connectivity index (χ2v) is 10.9. The largest absolute Gasteiger partial charge is 0.465 e. The van der Waals surface area contributed by atoms with Crippen molar-refractivity contribution in [3.8, 4) is 0 Å². The summed E-state index contributed by atoms with van der Waals surface area (Å²) in [5, 5.41) is 9.53. The lowest BCUT2D eigenvalue weighted by molar-refractivity contribution is -0.153. The number of carbonyl (C=O) groups excluding carboxylic acids is 3. The van der Waals surface area contributed by atoms with Crippen LogP contribution in [0.4, 0.5) is 5.69 Å². The molecule has 0 aliphatic carbocycles. The Labute approximate surface area is 203 Å². The molecule has 1 spiro atoms. The Morgan fingerprint density at radius 3 is 2.65 bits per heavy atom. The Hall–Kier alpha value is -2.58. The molecule has 4 aliphatic heterocycles. The molecule has 0 bridgehead atoms. The number of amides is 2. The number of likely N-dealkylation sites (tertiary alicyclic amines) is 1. The SMILES string of the molecule is Cc1cccc(C)c1N1CC=C[C@]23S[C@@H]4/C=C\CCCOC(=O)[C@@H]4[C@H]2C(=O)N(CCO)C3C1=O. The number of thioether (sulfide) groups is 1. The summed E-state index contributed by atoms with van der Waals surface area (Å²) in [4.78, 5) is 44.5. The van der Waals surface area contributed by atoms with Crippen LogP contribution in [0.25, 0.3) is 0 Å². The molecule has 2 saturated heterocycles. The molecule has 1 unspecified atom stereocenters. The van der Waals surface area contributed by atoms with Crippen LogP contribution in [0.15, 0.2) is 42.5 Å². The number of allylic oxidation sites excluding steroid dienone is 1. The minimum absolute atomic E-state index is 0.0464. The van der Waals surface area contributed by atoms with E-state index in [0.717, 1.165) is 29.7 Å². The molecule has 2 amide bonds. The van der Waals surface area contributed by atoms with Crippen molar-refractivity contribution < 1.29 is 24.2 Å². The summed E-state index contributed by atoms with van der Waals surface area (Å²) >= 11 is 1.52. The number of nitrogens with zero attached hydrogens (tertiary/aromatic N) is 2. The maximum absolute atomic E-state index is 14.2. The van der Waals surface area contributed by atoms with Crippen molar-refractivity contribution in [2.75, 3.05) is 31.2 Å². The first-order valence-electron chi connectivity index (χ1n) is 11.9. The van der Waals surface area contributed by atoms with E-state index in [1.807, 2.05) is 50.3 Å². The zero-order valence-electron chi connectivity index (χ0n) is 19.5. The summed E-state index contributed by atoms with van der Waals surface area (Å²) in [5.41, 5.74) is 2.81. The highest BCUT2D eigenvalue weighted by Crippen LogP contribution is 2.60. The fourth-order valence-electron chi connectivity index (χ4n) is 6.03. The van der Waals surface area contributed by atoms with Crippen molar-refractivity contribution in [3.63, 3.8) is 0 Å². The average molecular weight is 483 g/mol. The van der Waals surface area contributed by atoms with Gasteiger partial charge in [-0.15, -0.1) is 11.8 Å². The van der Waals surface area contributed by atoms with Gasteiger partial charge >= 0.3 is 5.97 Å². The van der Waals surface area contributed by atoms with E-state index in [2.05, 4.69) is 6.08 Å². The minimum atomic E-state index is -0.896. The van der Waals surface area contributed by atoms with E-state index in [0.29, 0.717) is 13.2 Å². The number of hydrogen-bond donors (Lipinski definition) is 1. The van der Waals surface area contributed by atoms with E-state index < -0.39 is 22.6 Å². The number of carbonyl (C=O) groups is 3. The van der Waals surface area contributed by atoms with Gasteiger partial charge in [0.2, 0.25) is 5.91 Å². The number of aryl methyl sites for hydroxylation is 2. The number of anilines is 1. The number of benzene rings is 1. The summed E-state index contributed by atoms with van der Waals surface area (Å²) in [7, 11) is 0. The minimum Gasteiger partial charge on any atom is -0.465 e. The molecule has 5 atom stereocenters. The maximum atomic E-state index is 14.2. The summed E-state index contributed by atoms with van der Waals surface area (Å²) in [5.74, 6) is -2.19. The zero-order valence-corrected chi connectivity index (χ0v) is 20.3. The summed E-state index contributed by atoms with van der Waals surface area (Å²) in [6.07, 6.45) is 9.56. The summed E-state index contributed by atoms with van der Waals surface area (Å²) < 4.78 is 4.66. The van der Waals surface area contributed by atoms with E-state index in [9.17, 15) is 19.5 Å². The van der Waals surface area contributed by atoms with Crippen LogP contribution in [-0.4, -0.2) is 70.1 Å². The molecule has 4 aliphatic rings.